The molecule has 0 radical (unpaired) electrons. The van der Waals surface area contributed by atoms with E-state index in [2.05, 4.69) is 16.5 Å². The molecule has 1 amide bonds. The summed E-state index contributed by atoms with van der Waals surface area (Å²) in [5.41, 5.74) is 8.06. The topological polar surface area (TPSA) is 72.9 Å². The Morgan fingerprint density at radius 3 is 2.92 bits per heavy atom. The lowest BCUT2D eigenvalue weighted by molar-refractivity contribution is -0.126. The standard InChI is InChI=1S/C18H24N4O.ClH/c1-13(21-18(23)15-6-2-7-16(19)11-15)14-5-3-8-17(12-14)22-10-4-9-20-22;/h3-5,8-10,12-13,15-16H,2,6-7,11,19H2,1H3,(H,21,23);1H. The maximum absolute atomic E-state index is 12.5. The van der Waals surface area contributed by atoms with Gasteiger partial charge in [-0.1, -0.05) is 18.6 Å². The maximum Gasteiger partial charge on any atom is 0.223 e. The van der Waals surface area contributed by atoms with Crippen LogP contribution in [0.15, 0.2) is 42.7 Å². The van der Waals surface area contributed by atoms with Crippen LogP contribution >= 0.6 is 12.4 Å². The van der Waals surface area contributed by atoms with E-state index in [-0.39, 0.29) is 36.3 Å². The Hall–Kier alpha value is -1.85. The summed E-state index contributed by atoms with van der Waals surface area (Å²) < 4.78 is 1.82. The van der Waals surface area contributed by atoms with Gasteiger partial charge in [0.15, 0.2) is 0 Å². The third kappa shape index (κ3) is 4.36. The molecular weight excluding hydrogens is 324 g/mol. The van der Waals surface area contributed by atoms with Gasteiger partial charge < -0.3 is 11.1 Å². The van der Waals surface area contributed by atoms with Crippen LogP contribution in [0.1, 0.15) is 44.2 Å². The van der Waals surface area contributed by atoms with E-state index in [0.29, 0.717) is 0 Å². The molecule has 5 nitrogen and oxygen atoms in total. The van der Waals surface area contributed by atoms with Gasteiger partial charge in [0, 0.05) is 24.4 Å². The van der Waals surface area contributed by atoms with Crippen LogP contribution in [0, 0.1) is 5.92 Å². The van der Waals surface area contributed by atoms with Crippen molar-refractivity contribution >= 4 is 18.3 Å². The first-order valence-corrected chi connectivity index (χ1v) is 8.29. The molecule has 1 aromatic heterocycles. The number of nitrogens with two attached hydrogens (primary N) is 1. The van der Waals surface area contributed by atoms with Crippen LogP contribution in [0.3, 0.4) is 0 Å². The Bertz CT molecular complexity index is 659. The van der Waals surface area contributed by atoms with Crippen LogP contribution in [-0.2, 0) is 4.79 Å². The second kappa shape index (κ2) is 8.31. The van der Waals surface area contributed by atoms with E-state index < -0.39 is 0 Å². The number of hydrogen-bond donors (Lipinski definition) is 2. The van der Waals surface area contributed by atoms with Crippen molar-refractivity contribution in [2.24, 2.45) is 11.7 Å². The molecule has 0 spiro atoms. The number of amides is 1. The van der Waals surface area contributed by atoms with Gasteiger partial charge in [-0.3, -0.25) is 4.79 Å². The van der Waals surface area contributed by atoms with Crippen molar-refractivity contribution in [3.05, 3.63) is 48.3 Å². The zero-order valence-corrected chi connectivity index (χ0v) is 14.7. The Morgan fingerprint density at radius 1 is 1.38 bits per heavy atom. The quantitative estimate of drug-likeness (QED) is 0.892. The van der Waals surface area contributed by atoms with Gasteiger partial charge >= 0.3 is 0 Å². The van der Waals surface area contributed by atoms with Crippen molar-refractivity contribution in [3.63, 3.8) is 0 Å². The molecule has 1 saturated carbocycles. The summed E-state index contributed by atoms with van der Waals surface area (Å²) in [6.07, 6.45) is 7.48. The summed E-state index contributed by atoms with van der Waals surface area (Å²) in [6, 6.07) is 10.1. The van der Waals surface area contributed by atoms with Crippen LogP contribution in [0.25, 0.3) is 5.69 Å². The minimum absolute atomic E-state index is 0. The van der Waals surface area contributed by atoms with Gasteiger partial charge in [0.25, 0.3) is 0 Å². The largest absolute Gasteiger partial charge is 0.349 e. The third-order valence-corrected chi connectivity index (χ3v) is 4.58. The Morgan fingerprint density at radius 2 is 2.21 bits per heavy atom. The van der Waals surface area contributed by atoms with Crippen molar-refractivity contribution in [2.75, 3.05) is 0 Å². The first-order chi connectivity index (χ1) is 11.1. The van der Waals surface area contributed by atoms with Crippen LogP contribution in [0.5, 0.6) is 0 Å². The highest BCUT2D eigenvalue weighted by Gasteiger charge is 2.26. The number of aromatic nitrogens is 2. The van der Waals surface area contributed by atoms with E-state index >= 15 is 0 Å². The van der Waals surface area contributed by atoms with E-state index in [1.54, 1.807) is 6.20 Å². The first-order valence-electron chi connectivity index (χ1n) is 8.29. The van der Waals surface area contributed by atoms with Gasteiger partial charge in [-0.25, -0.2) is 4.68 Å². The number of carbonyl (C=O) groups is 1. The average molecular weight is 349 g/mol. The van der Waals surface area contributed by atoms with Crippen LogP contribution < -0.4 is 11.1 Å². The molecule has 0 aliphatic heterocycles. The lowest BCUT2D eigenvalue weighted by Gasteiger charge is -2.27. The highest BCUT2D eigenvalue weighted by Crippen LogP contribution is 2.24. The smallest absolute Gasteiger partial charge is 0.223 e. The summed E-state index contributed by atoms with van der Waals surface area (Å²) in [7, 11) is 0. The van der Waals surface area contributed by atoms with Crippen molar-refractivity contribution in [1.82, 2.24) is 15.1 Å². The molecule has 6 heteroatoms. The predicted octanol–water partition coefficient (Wildman–Crippen LogP) is 2.99. The molecule has 3 unspecified atom stereocenters. The molecule has 0 saturated heterocycles. The molecule has 24 heavy (non-hydrogen) atoms. The highest BCUT2D eigenvalue weighted by atomic mass is 35.5. The second-order valence-electron chi connectivity index (χ2n) is 6.40. The van der Waals surface area contributed by atoms with E-state index in [4.69, 9.17) is 5.73 Å². The Labute approximate surface area is 149 Å². The van der Waals surface area contributed by atoms with Crippen LogP contribution in [0.4, 0.5) is 0 Å². The Balaban J connectivity index is 0.00000208. The fourth-order valence-electron chi connectivity index (χ4n) is 3.24. The molecule has 3 N–H and O–H groups in total. The molecule has 1 heterocycles. The number of benzene rings is 1. The summed E-state index contributed by atoms with van der Waals surface area (Å²) in [4.78, 5) is 12.5. The van der Waals surface area contributed by atoms with E-state index in [1.165, 1.54) is 0 Å². The van der Waals surface area contributed by atoms with Crippen molar-refractivity contribution in [2.45, 2.75) is 44.7 Å². The summed E-state index contributed by atoms with van der Waals surface area (Å²) in [5.74, 6) is 0.174. The molecule has 1 aromatic carbocycles. The van der Waals surface area contributed by atoms with Gasteiger partial charge in [-0.2, -0.15) is 5.10 Å². The second-order valence-corrected chi connectivity index (χ2v) is 6.40. The molecule has 1 fully saturated rings. The molecule has 0 bridgehead atoms. The normalized spacial score (nSPS) is 21.6. The molecule has 3 atom stereocenters. The van der Waals surface area contributed by atoms with Crippen molar-refractivity contribution in [1.29, 1.82) is 0 Å². The predicted molar refractivity (Wildman–Crippen MR) is 97.3 cm³/mol. The minimum atomic E-state index is -0.0313. The van der Waals surface area contributed by atoms with Crippen LogP contribution in [0.2, 0.25) is 0 Å². The maximum atomic E-state index is 12.5. The third-order valence-electron chi connectivity index (χ3n) is 4.58. The zero-order chi connectivity index (χ0) is 16.2. The van der Waals surface area contributed by atoms with Gasteiger partial charge in [0.05, 0.1) is 11.7 Å². The SMILES string of the molecule is CC(NC(=O)C1CCCC(N)C1)c1cccc(-n2cccn2)c1.Cl. The fraction of sp³-hybridized carbons (Fsp3) is 0.444. The molecule has 130 valence electrons. The Kier molecular flexibility index (Phi) is 6.40. The molecule has 1 aliphatic rings. The molecule has 1 aliphatic carbocycles. The summed E-state index contributed by atoms with van der Waals surface area (Å²) in [5, 5.41) is 7.38. The fourth-order valence-corrected chi connectivity index (χ4v) is 3.24. The van der Waals surface area contributed by atoms with Gasteiger partial charge in [-0.15, -0.1) is 12.4 Å². The van der Waals surface area contributed by atoms with Gasteiger partial charge in [0.1, 0.15) is 0 Å². The minimum Gasteiger partial charge on any atom is -0.349 e. The van der Waals surface area contributed by atoms with Gasteiger partial charge in [0.2, 0.25) is 5.91 Å². The lowest BCUT2D eigenvalue weighted by atomic mass is 9.85. The molecular formula is C18H25ClN4O. The number of rotatable bonds is 4. The van der Waals surface area contributed by atoms with Gasteiger partial charge in [-0.05, 0) is 49.9 Å². The van der Waals surface area contributed by atoms with E-state index in [0.717, 1.165) is 36.9 Å². The number of halogens is 1. The summed E-state index contributed by atoms with van der Waals surface area (Å²) >= 11 is 0. The zero-order valence-electron chi connectivity index (χ0n) is 13.9. The average Bonchev–Trinajstić information content (AvgIpc) is 3.09. The van der Waals surface area contributed by atoms with Crippen LogP contribution in [-0.4, -0.2) is 21.7 Å². The highest BCUT2D eigenvalue weighted by molar-refractivity contribution is 5.85. The van der Waals surface area contributed by atoms with Crippen molar-refractivity contribution in [3.8, 4) is 5.69 Å². The monoisotopic (exact) mass is 348 g/mol. The number of nitrogens with one attached hydrogen (secondary N) is 1. The lowest BCUT2D eigenvalue weighted by Crippen LogP contribution is -2.38. The van der Waals surface area contributed by atoms with E-state index in [1.807, 2.05) is 42.1 Å². The molecule has 3 rings (SSSR count). The first kappa shape index (κ1) is 18.5. The number of nitrogens with zero attached hydrogens (tertiary/aromatic N) is 2. The van der Waals surface area contributed by atoms with Crippen molar-refractivity contribution < 1.29 is 4.79 Å². The number of hydrogen-bond acceptors (Lipinski definition) is 3. The molecule has 2 aromatic rings. The summed E-state index contributed by atoms with van der Waals surface area (Å²) in [6.45, 7) is 2.02. The number of carbonyl (C=O) groups excluding carboxylic acids is 1. The van der Waals surface area contributed by atoms with E-state index in [9.17, 15) is 4.79 Å².